The second-order valence-corrected chi connectivity index (χ2v) is 10.4. The number of carbonyl (C=O) groups excluding carboxylic acids is 1. The molecule has 1 aliphatic carbocycles. The Labute approximate surface area is 219 Å². The van der Waals surface area contributed by atoms with Crippen LogP contribution in [-0.4, -0.2) is 91.0 Å². The van der Waals surface area contributed by atoms with Crippen LogP contribution in [0.4, 0.5) is 11.8 Å². The van der Waals surface area contributed by atoms with E-state index in [1.165, 1.54) is 6.42 Å². The van der Waals surface area contributed by atoms with Crippen molar-refractivity contribution in [3.8, 4) is 0 Å². The summed E-state index contributed by atoms with van der Waals surface area (Å²) in [6.07, 6.45) is 4.75. The van der Waals surface area contributed by atoms with E-state index in [4.69, 9.17) is 9.97 Å². The van der Waals surface area contributed by atoms with E-state index >= 15 is 0 Å². The van der Waals surface area contributed by atoms with Crippen molar-refractivity contribution >= 4 is 28.8 Å². The molecule has 11 nitrogen and oxygen atoms in total. The summed E-state index contributed by atoms with van der Waals surface area (Å²) in [5.74, 6) is 1.56. The van der Waals surface area contributed by atoms with Gasteiger partial charge in [0.05, 0.1) is 18.4 Å². The van der Waals surface area contributed by atoms with E-state index in [1.807, 2.05) is 4.57 Å². The molecule has 1 aliphatic heterocycles. The van der Waals surface area contributed by atoms with Gasteiger partial charge in [0.2, 0.25) is 11.9 Å². The Bertz CT molecular complexity index is 1040. The number of aliphatic hydroxyl groups excluding tert-OH is 2. The summed E-state index contributed by atoms with van der Waals surface area (Å²) in [6.45, 7) is 12.0. The SMILES string of the molecule is CCC(=O)N[C@H]1CC(n2cnc3c(NCC(CC)CC)nc(NC[C@H]4CCCN4CC)nc32)[C@H](O)[C@@H]1O. The molecule has 2 aromatic rings. The van der Waals surface area contributed by atoms with Crippen LogP contribution in [0.5, 0.6) is 0 Å². The molecule has 206 valence electrons. The van der Waals surface area contributed by atoms with Gasteiger partial charge in [0.1, 0.15) is 12.2 Å². The first-order chi connectivity index (χ1) is 17.9. The zero-order valence-corrected chi connectivity index (χ0v) is 22.7. The maximum Gasteiger partial charge on any atom is 0.226 e. The summed E-state index contributed by atoms with van der Waals surface area (Å²) in [4.78, 5) is 28.7. The van der Waals surface area contributed by atoms with E-state index in [0.29, 0.717) is 47.7 Å². The molecule has 0 bridgehead atoms. The molecule has 0 spiro atoms. The van der Waals surface area contributed by atoms with Gasteiger partial charge in [-0.15, -0.1) is 0 Å². The first-order valence-electron chi connectivity index (χ1n) is 14.0. The smallest absolute Gasteiger partial charge is 0.226 e. The average molecular weight is 517 g/mol. The van der Waals surface area contributed by atoms with Gasteiger partial charge < -0.3 is 30.7 Å². The second kappa shape index (κ2) is 12.4. The number of aromatic nitrogens is 4. The quantitative estimate of drug-likeness (QED) is 0.287. The Morgan fingerprint density at radius 2 is 1.92 bits per heavy atom. The van der Waals surface area contributed by atoms with E-state index in [9.17, 15) is 15.0 Å². The Morgan fingerprint density at radius 3 is 2.62 bits per heavy atom. The molecule has 1 amide bonds. The third kappa shape index (κ3) is 5.99. The van der Waals surface area contributed by atoms with Crippen molar-refractivity contribution in [1.82, 2.24) is 29.7 Å². The van der Waals surface area contributed by atoms with Gasteiger partial charge in [0.25, 0.3) is 0 Å². The highest BCUT2D eigenvalue weighted by Crippen LogP contribution is 2.34. The van der Waals surface area contributed by atoms with Crippen molar-refractivity contribution in [1.29, 1.82) is 0 Å². The van der Waals surface area contributed by atoms with Crippen LogP contribution >= 0.6 is 0 Å². The van der Waals surface area contributed by atoms with Crippen molar-refractivity contribution in [2.24, 2.45) is 5.92 Å². The number of nitrogens with zero attached hydrogens (tertiary/aromatic N) is 5. The molecule has 4 rings (SSSR count). The molecule has 1 saturated carbocycles. The Balaban J connectivity index is 1.63. The largest absolute Gasteiger partial charge is 0.388 e. The molecule has 3 heterocycles. The maximum absolute atomic E-state index is 12.0. The molecule has 1 unspecified atom stereocenters. The van der Waals surface area contributed by atoms with E-state index < -0.39 is 24.3 Å². The molecule has 2 aliphatic rings. The zero-order chi connectivity index (χ0) is 26.5. The molecular formula is C26H44N8O3. The highest BCUT2D eigenvalue weighted by atomic mass is 16.3. The number of likely N-dealkylation sites (N-methyl/N-ethyl adjacent to an activating group) is 1. The minimum Gasteiger partial charge on any atom is -0.388 e. The lowest BCUT2D eigenvalue weighted by molar-refractivity contribution is -0.122. The number of fused-ring (bicyclic) bond motifs is 1. The number of anilines is 2. The summed E-state index contributed by atoms with van der Waals surface area (Å²) in [6, 6.07) is -0.550. The number of hydrogen-bond donors (Lipinski definition) is 5. The van der Waals surface area contributed by atoms with Gasteiger partial charge in [0, 0.05) is 25.6 Å². The van der Waals surface area contributed by atoms with Crippen LogP contribution < -0.4 is 16.0 Å². The number of carbonyl (C=O) groups is 1. The predicted octanol–water partition coefficient (Wildman–Crippen LogP) is 2.13. The van der Waals surface area contributed by atoms with Crippen LogP contribution in [-0.2, 0) is 4.79 Å². The summed E-state index contributed by atoms with van der Waals surface area (Å²) in [7, 11) is 0. The molecule has 11 heteroatoms. The number of imidazole rings is 1. The molecule has 5 N–H and O–H groups in total. The molecular weight excluding hydrogens is 472 g/mol. The van der Waals surface area contributed by atoms with Crippen LogP contribution in [0.3, 0.4) is 0 Å². The second-order valence-electron chi connectivity index (χ2n) is 10.4. The summed E-state index contributed by atoms with van der Waals surface area (Å²) in [5.41, 5.74) is 1.23. The fourth-order valence-electron chi connectivity index (χ4n) is 5.67. The van der Waals surface area contributed by atoms with E-state index in [-0.39, 0.29) is 5.91 Å². The van der Waals surface area contributed by atoms with Crippen molar-refractivity contribution in [2.45, 2.75) is 96.6 Å². The van der Waals surface area contributed by atoms with Gasteiger partial charge in [-0.25, -0.2) is 4.98 Å². The van der Waals surface area contributed by atoms with Crippen molar-refractivity contribution in [2.75, 3.05) is 36.8 Å². The fourth-order valence-corrected chi connectivity index (χ4v) is 5.67. The minimum atomic E-state index is -1.06. The van der Waals surface area contributed by atoms with Gasteiger partial charge in [-0.2, -0.15) is 9.97 Å². The topological polar surface area (TPSA) is 140 Å². The molecule has 0 aromatic carbocycles. The van der Waals surface area contributed by atoms with Gasteiger partial charge in [-0.05, 0) is 38.3 Å². The van der Waals surface area contributed by atoms with E-state index in [1.54, 1.807) is 13.3 Å². The Hall–Kier alpha value is -2.50. The maximum atomic E-state index is 12.0. The number of rotatable bonds is 12. The van der Waals surface area contributed by atoms with Crippen LogP contribution in [0.2, 0.25) is 0 Å². The van der Waals surface area contributed by atoms with Crippen molar-refractivity contribution in [3.63, 3.8) is 0 Å². The van der Waals surface area contributed by atoms with E-state index in [2.05, 4.69) is 46.6 Å². The lowest BCUT2D eigenvalue weighted by atomic mass is 10.0. The normalized spacial score (nSPS) is 26.3. The average Bonchev–Trinajstić information content (AvgIpc) is 3.62. The predicted molar refractivity (Wildman–Crippen MR) is 145 cm³/mol. The molecule has 37 heavy (non-hydrogen) atoms. The van der Waals surface area contributed by atoms with Gasteiger partial charge in [-0.3, -0.25) is 9.69 Å². The monoisotopic (exact) mass is 516 g/mol. The lowest BCUT2D eigenvalue weighted by Crippen LogP contribution is -2.42. The lowest BCUT2D eigenvalue weighted by Gasteiger charge is -2.23. The number of amides is 1. The number of hydrogen-bond acceptors (Lipinski definition) is 9. The molecule has 5 atom stereocenters. The summed E-state index contributed by atoms with van der Waals surface area (Å²) in [5, 5.41) is 31.3. The number of aliphatic hydroxyl groups is 2. The summed E-state index contributed by atoms with van der Waals surface area (Å²) >= 11 is 0. The number of likely N-dealkylation sites (tertiary alicyclic amines) is 1. The van der Waals surface area contributed by atoms with Gasteiger partial charge in [0.15, 0.2) is 17.0 Å². The van der Waals surface area contributed by atoms with Crippen LogP contribution in [0, 0.1) is 5.92 Å². The molecule has 1 saturated heterocycles. The first kappa shape index (κ1) is 27.5. The zero-order valence-electron chi connectivity index (χ0n) is 22.7. The fraction of sp³-hybridized carbons (Fsp3) is 0.769. The van der Waals surface area contributed by atoms with Crippen LogP contribution in [0.15, 0.2) is 6.33 Å². The van der Waals surface area contributed by atoms with Crippen molar-refractivity contribution in [3.05, 3.63) is 6.33 Å². The number of nitrogens with one attached hydrogen (secondary N) is 3. The van der Waals surface area contributed by atoms with Crippen LogP contribution in [0.25, 0.3) is 11.2 Å². The minimum absolute atomic E-state index is 0.151. The van der Waals surface area contributed by atoms with Crippen LogP contribution in [0.1, 0.15) is 72.3 Å². The standard InChI is InChI=1S/C26H44N8O3/c1-5-16(6-2)13-27-24-21-25(32-26(31-24)28-14-17-10-9-11-33(17)8-4)34(15-29-21)19-12-18(22(36)23(19)37)30-20(35)7-3/h15-19,22-23,36-37H,5-14H2,1-4H3,(H,30,35)(H2,27,28,31,32)/t17-,18+,19?,22-,23+/m1/s1. The third-order valence-corrected chi connectivity index (χ3v) is 8.21. The Morgan fingerprint density at radius 1 is 1.14 bits per heavy atom. The molecule has 2 aromatic heterocycles. The first-order valence-corrected chi connectivity index (χ1v) is 14.0. The van der Waals surface area contributed by atoms with Crippen molar-refractivity contribution < 1.29 is 15.0 Å². The molecule has 2 fully saturated rings. The molecule has 0 radical (unpaired) electrons. The summed E-state index contributed by atoms with van der Waals surface area (Å²) < 4.78 is 1.82. The highest BCUT2D eigenvalue weighted by Gasteiger charge is 2.43. The van der Waals surface area contributed by atoms with Gasteiger partial charge >= 0.3 is 0 Å². The third-order valence-electron chi connectivity index (χ3n) is 8.21. The van der Waals surface area contributed by atoms with Gasteiger partial charge in [-0.1, -0.05) is 40.5 Å². The Kier molecular flexibility index (Phi) is 9.20. The van der Waals surface area contributed by atoms with E-state index in [0.717, 1.165) is 45.4 Å². The highest BCUT2D eigenvalue weighted by molar-refractivity contribution is 5.84.